The fourth-order valence-corrected chi connectivity index (χ4v) is 4.42. The van der Waals surface area contributed by atoms with Gasteiger partial charge in [-0.1, -0.05) is 91.0 Å². The first-order valence-electron chi connectivity index (χ1n) is 13.3. The molecule has 2 amide bonds. The van der Waals surface area contributed by atoms with Crippen LogP contribution in [0.4, 0.5) is 4.79 Å². The summed E-state index contributed by atoms with van der Waals surface area (Å²) in [5.74, 6) is -1.66. The highest BCUT2D eigenvalue weighted by atomic mass is 16.6. The van der Waals surface area contributed by atoms with Gasteiger partial charge in [-0.2, -0.15) is 0 Å². The van der Waals surface area contributed by atoms with Gasteiger partial charge in [0.05, 0.1) is 19.2 Å². The van der Waals surface area contributed by atoms with Gasteiger partial charge in [-0.15, -0.1) is 0 Å². The van der Waals surface area contributed by atoms with E-state index in [9.17, 15) is 19.2 Å². The van der Waals surface area contributed by atoms with Gasteiger partial charge >= 0.3 is 6.09 Å². The zero-order valence-corrected chi connectivity index (χ0v) is 22.5. The van der Waals surface area contributed by atoms with Crippen LogP contribution < -0.4 is 10.6 Å². The minimum Gasteiger partial charge on any atom is -0.445 e. The highest BCUT2D eigenvalue weighted by Gasteiger charge is 2.50. The molecule has 3 atom stereocenters. The summed E-state index contributed by atoms with van der Waals surface area (Å²) in [5, 5.41) is 5.38. The third-order valence-corrected chi connectivity index (χ3v) is 6.83. The molecule has 2 N–H and O–H groups in total. The molecule has 0 spiro atoms. The van der Waals surface area contributed by atoms with E-state index in [1.807, 2.05) is 91.0 Å². The van der Waals surface area contributed by atoms with Crippen molar-refractivity contribution in [3.63, 3.8) is 0 Å². The standard InChI is InChI=1S/C32H34N2O6/c1-32(22-40-32)29(36)28(18-24-13-7-3-8-14-24)34-30(37)26(17-23-11-5-2-6-12-23)19-27(35)20-33-31(38)39-21-25-15-9-4-10-16-25/h2-16,26,28H,17-22H2,1H3,(H,33,38)(H,34,37)/t26-,28+,32-/m1/s1. The summed E-state index contributed by atoms with van der Waals surface area (Å²) < 4.78 is 10.5. The van der Waals surface area contributed by atoms with Gasteiger partial charge in [-0.05, 0) is 36.5 Å². The van der Waals surface area contributed by atoms with Crippen LogP contribution in [-0.4, -0.2) is 48.4 Å². The molecule has 0 aromatic heterocycles. The second-order valence-electron chi connectivity index (χ2n) is 10.2. The first kappa shape index (κ1) is 28.7. The first-order valence-corrected chi connectivity index (χ1v) is 13.3. The molecule has 3 aromatic carbocycles. The number of amides is 2. The number of Topliss-reactive ketones (excluding diaryl/α,β-unsaturated/α-hetero) is 2. The van der Waals surface area contributed by atoms with E-state index in [4.69, 9.17) is 9.47 Å². The van der Waals surface area contributed by atoms with Crippen LogP contribution in [0.1, 0.15) is 30.0 Å². The van der Waals surface area contributed by atoms with Crippen LogP contribution in [-0.2, 0) is 43.3 Å². The molecule has 1 aliphatic rings. The molecule has 208 valence electrons. The Morgan fingerprint density at radius 1 is 0.825 bits per heavy atom. The number of ether oxygens (including phenoxy) is 2. The zero-order chi connectivity index (χ0) is 28.4. The summed E-state index contributed by atoms with van der Waals surface area (Å²) in [6, 6.07) is 27.2. The number of benzene rings is 3. The van der Waals surface area contributed by atoms with Crippen LogP contribution in [0.3, 0.4) is 0 Å². The quantitative estimate of drug-likeness (QED) is 0.300. The first-order chi connectivity index (χ1) is 19.3. The third kappa shape index (κ3) is 8.61. The molecular weight excluding hydrogens is 508 g/mol. The fraction of sp³-hybridized carbons (Fsp3) is 0.312. The molecule has 40 heavy (non-hydrogen) atoms. The largest absolute Gasteiger partial charge is 0.445 e. The van der Waals surface area contributed by atoms with E-state index in [0.717, 1.165) is 16.7 Å². The van der Waals surface area contributed by atoms with Gasteiger partial charge in [0, 0.05) is 12.3 Å². The Morgan fingerprint density at radius 2 is 1.35 bits per heavy atom. The molecule has 3 aromatic rings. The summed E-state index contributed by atoms with van der Waals surface area (Å²) in [6.07, 6.45) is -0.214. The highest BCUT2D eigenvalue weighted by Crippen LogP contribution is 2.29. The Morgan fingerprint density at radius 3 is 1.90 bits per heavy atom. The maximum Gasteiger partial charge on any atom is 0.407 e. The third-order valence-electron chi connectivity index (χ3n) is 6.83. The van der Waals surface area contributed by atoms with Crippen molar-refractivity contribution in [2.24, 2.45) is 5.92 Å². The number of hydrogen-bond donors (Lipinski definition) is 2. The van der Waals surface area contributed by atoms with E-state index in [1.165, 1.54) is 0 Å². The van der Waals surface area contributed by atoms with Crippen molar-refractivity contribution in [2.75, 3.05) is 13.2 Å². The lowest BCUT2D eigenvalue weighted by Gasteiger charge is -2.23. The molecule has 1 fully saturated rings. The summed E-state index contributed by atoms with van der Waals surface area (Å²) in [7, 11) is 0. The van der Waals surface area contributed by atoms with Gasteiger partial charge in [0.1, 0.15) is 12.2 Å². The van der Waals surface area contributed by atoms with Crippen LogP contribution in [0.25, 0.3) is 0 Å². The van der Waals surface area contributed by atoms with Crippen molar-refractivity contribution in [1.29, 1.82) is 0 Å². The molecule has 0 aliphatic carbocycles. The predicted molar refractivity (Wildman–Crippen MR) is 149 cm³/mol. The SMILES string of the molecule is C[C@]1(C(=O)[C@H](Cc2ccccc2)NC(=O)[C@@H](CC(=O)CNC(=O)OCc2ccccc2)Cc2ccccc2)CO1. The van der Waals surface area contributed by atoms with Gasteiger partial charge in [0.25, 0.3) is 0 Å². The number of hydrogen-bond acceptors (Lipinski definition) is 6. The van der Waals surface area contributed by atoms with Crippen molar-refractivity contribution in [2.45, 2.75) is 44.4 Å². The topological polar surface area (TPSA) is 114 Å². The number of epoxide rings is 1. The van der Waals surface area contributed by atoms with Crippen LogP contribution in [0.15, 0.2) is 91.0 Å². The molecule has 1 saturated heterocycles. The van der Waals surface area contributed by atoms with Crippen molar-refractivity contribution in [3.8, 4) is 0 Å². The van der Waals surface area contributed by atoms with E-state index in [2.05, 4.69) is 10.6 Å². The van der Waals surface area contributed by atoms with Crippen LogP contribution >= 0.6 is 0 Å². The molecular formula is C32H34N2O6. The lowest BCUT2D eigenvalue weighted by molar-refractivity contribution is -0.133. The Bertz CT molecular complexity index is 1290. The zero-order valence-electron chi connectivity index (χ0n) is 22.5. The van der Waals surface area contributed by atoms with Gasteiger partial charge in [0.2, 0.25) is 5.91 Å². The minimum absolute atomic E-state index is 0.0827. The highest BCUT2D eigenvalue weighted by molar-refractivity contribution is 5.97. The lowest BCUT2D eigenvalue weighted by atomic mass is 9.91. The average Bonchev–Trinajstić information content (AvgIpc) is 3.73. The van der Waals surface area contributed by atoms with E-state index < -0.39 is 29.6 Å². The molecule has 0 bridgehead atoms. The number of alkyl carbamates (subject to hydrolysis) is 1. The van der Waals surface area contributed by atoms with E-state index in [0.29, 0.717) is 19.4 Å². The van der Waals surface area contributed by atoms with Crippen LogP contribution in [0.5, 0.6) is 0 Å². The lowest BCUT2D eigenvalue weighted by Crippen LogP contribution is -2.49. The van der Waals surface area contributed by atoms with Crippen LogP contribution in [0, 0.1) is 5.92 Å². The maximum absolute atomic E-state index is 13.6. The van der Waals surface area contributed by atoms with E-state index >= 15 is 0 Å². The fourth-order valence-electron chi connectivity index (χ4n) is 4.42. The number of ketones is 2. The monoisotopic (exact) mass is 542 g/mol. The molecule has 8 nitrogen and oxygen atoms in total. The van der Waals surface area contributed by atoms with Crippen molar-refractivity contribution < 1.29 is 28.7 Å². The predicted octanol–water partition coefficient (Wildman–Crippen LogP) is 3.82. The van der Waals surface area contributed by atoms with E-state index in [1.54, 1.807) is 6.92 Å². The van der Waals surface area contributed by atoms with Crippen LogP contribution in [0.2, 0.25) is 0 Å². The molecule has 0 saturated carbocycles. The maximum atomic E-state index is 13.6. The normalized spacial score (nSPS) is 17.2. The van der Waals surface area contributed by atoms with Gasteiger partial charge in [-0.3, -0.25) is 14.4 Å². The second kappa shape index (κ2) is 13.7. The van der Waals surface area contributed by atoms with Crippen molar-refractivity contribution in [1.82, 2.24) is 10.6 Å². The number of carbonyl (C=O) groups excluding carboxylic acids is 4. The number of nitrogens with one attached hydrogen (secondary N) is 2. The van der Waals surface area contributed by atoms with Gasteiger partial charge in [-0.25, -0.2) is 4.79 Å². The summed E-state index contributed by atoms with van der Waals surface area (Å²) in [5.41, 5.74) is 1.70. The molecule has 0 radical (unpaired) electrons. The van der Waals surface area contributed by atoms with E-state index in [-0.39, 0.29) is 31.1 Å². The summed E-state index contributed by atoms with van der Waals surface area (Å²) in [4.78, 5) is 51.8. The van der Waals surface area contributed by atoms with Gasteiger partial charge < -0.3 is 20.1 Å². The Hall–Kier alpha value is -4.30. The average molecular weight is 543 g/mol. The Balaban J connectivity index is 1.39. The smallest absolute Gasteiger partial charge is 0.407 e. The van der Waals surface area contributed by atoms with Gasteiger partial charge in [0.15, 0.2) is 11.6 Å². The number of carbonyl (C=O) groups is 4. The molecule has 1 heterocycles. The summed E-state index contributed by atoms with van der Waals surface area (Å²) in [6.45, 7) is 1.84. The molecule has 0 unspecified atom stereocenters. The minimum atomic E-state index is -0.915. The summed E-state index contributed by atoms with van der Waals surface area (Å²) >= 11 is 0. The Kier molecular flexibility index (Phi) is 9.81. The molecule has 8 heteroatoms. The van der Waals surface area contributed by atoms with Crippen molar-refractivity contribution >= 4 is 23.6 Å². The second-order valence-corrected chi connectivity index (χ2v) is 10.2. The number of rotatable bonds is 14. The molecule has 4 rings (SSSR count). The molecule has 1 aliphatic heterocycles. The Labute approximate surface area is 234 Å². The van der Waals surface area contributed by atoms with Crippen molar-refractivity contribution in [3.05, 3.63) is 108 Å².